The van der Waals surface area contributed by atoms with Crippen molar-refractivity contribution >= 4 is 34.7 Å². The molecule has 0 fully saturated rings. The molecule has 2 rings (SSSR count). The maximum atomic E-state index is 12.1. The zero-order valence-electron chi connectivity index (χ0n) is 11.5. The van der Waals surface area contributed by atoms with E-state index in [-0.39, 0.29) is 18.3 Å². The number of ether oxygens (including phenoxy) is 1. The number of hydrogen-bond acceptors (Lipinski definition) is 5. The highest BCUT2D eigenvalue weighted by Gasteiger charge is 2.23. The second-order valence-electron chi connectivity index (χ2n) is 4.18. The van der Waals surface area contributed by atoms with E-state index >= 15 is 0 Å². The van der Waals surface area contributed by atoms with Crippen molar-refractivity contribution in [3.63, 3.8) is 0 Å². The first-order chi connectivity index (χ1) is 10.1. The first-order valence-electron chi connectivity index (χ1n) is 6.01. The SMILES string of the molecule is COc1ccsc1CN(C(=O)CCl)c1nn(C)cc1C#N. The van der Waals surface area contributed by atoms with Gasteiger partial charge in [0.2, 0.25) is 5.91 Å². The minimum atomic E-state index is -0.317. The van der Waals surface area contributed by atoms with Gasteiger partial charge >= 0.3 is 0 Å². The smallest absolute Gasteiger partial charge is 0.243 e. The number of anilines is 1. The molecule has 6 nitrogen and oxygen atoms in total. The number of thiophene rings is 1. The average Bonchev–Trinajstić information content (AvgIpc) is 3.09. The maximum Gasteiger partial charge on any atom is 0.243 e. The number of alkyl halides is 1. The highest BCUT2D eigenvalue weighted by atomic mass is 35.5. The van der Waals surface area contributed by atoms with Gasteiger partial charge in [0.1, 0.15) is 23.3 Å². The van der Waals surface area contributed by atoms with Crippen LogP contribution in [0.5, 0.6) is 5.75 Å². The number of methoxy groups -OCH3 is 1. The van der Waals surface area contributed by atoms with E-state index in [0.29, 0.717) is 17.1 Å². The van der Waals surface area contributed by atoms with Crippen molar-refractivity contribution in [3.8, 4) is 11.8 Å². The van der Waals surface area contributed by atoms with Gasteiger partial charge in [0.25, 0.3) is 0 Å². The van der Waals surface area contributed by atoms with Gasteiger partial charge in [-0.3, -0.25) is 14.4 Å². The molecule has 0 spiro atoms. The molecule has 2 heterocycles. The van der Waals surface area contributed by atoms with Crippen LogP contribution in [0.25, 0.3) is 0 Å². The zero-order chi connectivity index (χ0) is 15.4. The van der Waals surface area contributed by atoms with Crippen LogP contribution < -0.4 is 9.64 Å². The van der Waals surface area contributed by atoms with Crippen molar-refractivity contribution in [3.05, 3.63) is 28.1 Å². The fourth-order valence-corrected chi connectivity index (χ4v) is 2.85. The molecule has 0 aromatic carbocycles. The van der Waals surface area contributed by atoms with E-state index in [1.54, 1.807) is 20.4 Å². The lowest BCUT2D eigenvalue weighted by Crippen LogP contribution is -2.32. The van der Waals surface area contributed by atoms with Crippen LogP contribution in [0.15, 0.2) is 17.6 Å². The lowest BCUT2D eigenvalue weighted by Gasteiger charge is -2.19. The average molecular weight is 325 g/mol. The molecule has 0 radical (unpaired) electrons. The largest absolute Gasteiger partial charge is 0.496 e. The Labute approximate surface area is 131 Å². The summed E-state index contributed by atoms with van der Waals surface area (Å²) in [6.07, 6.45) is 1.56. The standard InChI is InChI=1S/C13H13ClN4O2S/c1-17-7-9(6-15)13(16-17)18(12(19)5-14)8-11-10(20-2)3-4-21-11/h3-4,7H,5,8H2,1-2H3. The quantitative estimate of drug-likeness (QED) is 0.790. The molecule has 8 heteroatoms. The van der Waals surface area contributed by atoms with E-state index in [2.05, 4.69) is 5.10 Å². The lowest BCUT2D eigenvalue weighted by molar-refractivity contribution is -0.116. The molecule has 0 aliphatic rings. The van der Waals surface area contributed by atoms with Crippen molar-refractivity contribution < 1.29 is 9.53 Å². The van der Waals surface area contributed by atoms with Gasteiger partial charge in [0, 0.05) is 13.2 Å². The van der Waals surface area contributed by atoms with Crippen molar-refractivity contribution in [2.75, 3.05) is 17.9 Å². The first-order valence-corrected chi connectivity index (χ1v) is 7.42. The molecule has 0 saturated carbocycles. The third kappa shape index (κ3) is 3.17. The third-order valence-corrected chi connectivity index (χ3v) is 3.94. The number of carbonyl (C=O) groups is 1. The Morgan fingerprint density at radius 1 is 1.67 bits per heavy atom. The Hall–Kier alpha value is -2.04. The topological polar surface area (TPSA) is 71.2 Å². The summed E-state index contributed by atoms with van der Waals surface area (Å²) in [5.41, 5.74) is 0.325. The van der Waals surface area contributed by atoms with Crippen LogP contribution in [0.2, 0.25) is 0 Å². The second kappa shape index (κ2) is 6.61. The number of nitriles is 1. The van der Waals surface area contributed by atoms with Gasteiger partial charge in [-0.25, -0.2) is 0 Å². The van der Waals surface area contributed by atoms with Crippen LogP contribution in [-0.4, -0.2) is 28.7 Å². The van der Waals surface area contributed by atoms with Gasteiger partial charge in [0.15, 0.2) is 5.82 Å². The predicted molar refractivity (Wildman–Crippen MR) is 80.7 cm³/mol. The lowest BCUT2D eigenvalue weighted by atomic mass is 10.3. The Morgan fingerprint density at radius 3 is 3.05 bits per heavy atom. The highest BCUT2D eigenvalue weighted by Crippen LogP contribution is 2.29. The van der Waals surface area contributed by atoms with E-state index in [4.69, 9.17) is 21.6 Å². The van der Waals surface area contributed by atoms with Crippen LogP contribution in [-0.2, 0) is 18.4 Å². The molecular weight excluding hydrogens is 312 g/mol. The molecule has 21 heavy (non-hydrogen) atoms. The summed E-state index contributed by atoms with van der Waals surface area (Å²) in [6, 6.07) is 3.86. The molecule has 0 unspecified atom stereocenters. The minimum Gasteiger partial charge on any atom is -0.496 e. The first kappa shape index (κ1) is 15.4. The van der Waals surface area contributed by atoms with Gasteiger partial charge in [-0.15, -0.1) is 22.9 Å². The fourth-order valence-electron chi connectivity index (χ4n) is 1.88. The molecule has 0 saturated heterocycles. The minimum absolute atomic E-state index is 0.185. The summed E-state index contributed by atoms with van der Waals surface area (Å²) in [5.74, 6) is 0.500. The number of amides is 1. The molecule has 0 bridgehead atoms. The summed E-state index contributed by atoms with van der Waals surface area (Å²) in [6.45, 7) is 0.262. The van der Waals surface area contributed by atoms with E-state index in [0.717, 1.165) is 4.88 Å². The number of aromatic nitrogens is 2. The third-order valence-electron chi connectivity index (χ3n) is 2.83. The summed E-state index contributed by atoms with van der Waals surface area (Å²) in [7, 11) is 3.26. The molecule has 0 atom stereocenters. The molecule has 1 amide bonds. The van der Waals surface area contributed by atoms with E-state index in [9.17, 15) is 4.79 Å². The Balaban J connectivity index is 2.40. The van der Waals surface area contributed by atoms with Gasteiger partial charge in [-0.2, -0.15) is 10.4 Å². The number of aryl methyl sites for hydroxylation is 1. The van der Waals surface area contributed by atoms with Gasteiger partial charge < -0.3 is 4.74 Å². The molecule has 0 aliphatic carbocycles. The number of carbonyl (C=O) groups excluding carboxylic acids is 1. The number of halogens is 1. The normalized spacial score (nSPS) is 10.2. The van der Waals surface area contributed by atoms with Gasteiger partial charge in [-0.05, 0) is 11.4 Å². The van der Waals surface area contributed by atoms with Gasteiger partial charge in [0.05, 0.1) is 18.5 Å². The van der Waals surface area contributed by atoms with Crippen LogP contribution in [0.3, 0.4) is 0 Å². The summed E-state index contributed by atoms with van der Waals surface area (Å²) in [4.78, 5) is 14.4. The van der Waals surface area contributed by atoms with Crippen LogP contribution in [0.4, 0.5) is 5.82 Å². The molecule has 0 N–H and O–H groups in total. The monoisotopic (exact) mass is 324 g/mol. The van der Waals surface area contributed by atoms with E-state index in [1.807, 2.05) is 17.5 Å². The van der Waals surface area contributed by atoms with Crippen LogP contribution in [0.1, 0.15) is 10.4 Å². The van der Waals surface area contributed by atoms with Crippen molar-refractivity contribution in [2.45, 2.75) is 6.54 Å². The van der Waals surface area contributed by atoms with Gasteiger partial charge in [-0.1, -0.05) is 0 Å². The number of rotatable bonds is 5. The zero-order valence-corrected chi connectivity index (χ0v) is 13.1. The van der Waals surface area contributed by atoms with Crippen LogP contribution in [0, 0.1) is 11.3 Å². The van der Waals surface area contributed by atoms with Crippen molar-refractivity contribution in [1.82, 2.24) is 9.78 Å². The van der Waals surface area contributed by atoms with Crippen LogP contribution >= 0.6 is 22.9 Å². The molecule has 2 aromatic heterocycles. The highest BCUT2D eigenvalue weighted by molar-refractivity contribution is 7.10. The Bertz CT molecular complexity index is 689. The molecule has 0 aliphatic heterocycles. The molecule has 2 aromatic rings. The number of hydrogen-bond donors (Lipinski definition) is 0. The Morgan fingerprint density at radius 2 is 2.43 bits per heavy atom. The Kier molecular flexibility index (Phi) is 4.83. The molecular formula is C13H13ClN4O2S. The van der Waals surface area contributed by atoms with E-state index in [1.165, 1.54) is 20.9 Å². The predicted octanol–water partition coefficient (Wildman–Crippen LogP) is 2.13. The van der Waals surface area contributed by atoms with E-state index < -0.39 is 0 Å². The summed E-state index contributed by atoms with van der Waals surface area (Å²) < 4.78 is 6.74. The number of nitrogens with zero attached hydrogens (tertiary/aromatic N) is 4. The second-order valence-corrected chi connectivity index (χ2v) is 5.45. The summed E-state index contributed by atoms with van der Waals surface area (Å²) in [5, 5.41) is 15.2. The van der Waals surface area contributed by atoms with Crippen molar-refractivity contribution in [1.29, 1.82) is 5.26 Å². The fraction of sp³-hybridized carbons (Fsp3) is 0.308. The van der Waals surface area contributed by atoms with Crippen molar-refractivity contribution in [2.24, 2.45) is 7.05 Å². The summed E-state index contributed by atoms with van der Waals surface area (Å²) >= 11 is 7.14. The molecule has 110 valence electrons. The maximum absolute atomic E-state index is 12.1.